The molecule has 0 saturated carbocycles. The number of nitrogens with zero attached hydrogens (tertiary/aromatic N) is 3. The zero-order valence-electron chi connectivity index (χ0n) is 21.4. The second-order valence-corrected chi connectivity index (χ2v) is 8.90. The van der Waals surface area contributed by atoms with Crippen LogP contribution in [0.25, 0.3) is 0 Å². The molecule has 0 bridgehead atoms. The predicted molar refractivity (Wildman–Crippen MR) is 143 cm³/mol. The molecule has 38 heavy (non-hydrogen) atoms. The lowest BCUT2D eigenvalue weighted by Gasteiger charge is -2.08. The largest absolute Gasteiger partial charge is 0.482 e. The summed E-state index contributed by atoms with van der Waals surface area (Å²) in [5.74, 6) is 0.00923. The highest BCUT2D eigenvalue weighted by Gasteiger charge is 2.17. The first-order valence-corrected chi connectivity index (χ1v) is 12.1. The lowest BCUT2D eigenvalue weighted by Crippen LogP contribution is -2.18. The van der Waals surface area contributed by atoms with Crippen LogP contribution in [0.5, 0.6) is 5.75 Å². The highest BCUT2D eigenvalue weighted by atomic mass is 16.6. The molecule has 0 atom stereocenters. The topological polar surface area (TPSA) is 116 Å². The Bertz CT molecular complexity index is 1490. The summed E-state index contributed by atoms with van der Waals surface area (Å²) in [6.07, 6.45) is 0.210. The number of aromatic nitrogens is 2. The van der Waals surface area contributed by atoms with Crippen LogP contribution in [-0.2, 0) is 19.6 Å². The van der Waals surface area contributed by atoms with Gasteiger partial charge in [-0.2, -0.15) is 5.10 Å². The van der Waals surface area contributed by atoms with Crippen molar-refractivity contribution in [3.05, 3.63) is 122 Å². The van der Waals surface area contributed by atoms with Crippen LogP contribution in [0.2, 0.25) is 0 Å². The summed E-state index contributed by atoms with van der Waals surface area (Å²) < 4.78 is 7.48. The number of para-hydroxylation sites is 2. The van der Waals surface area contributed by atoms with E-state index in [1.54, 1.807) is 55.6 Å². The number of ether oxygens (including phenoxy) is 1. The third-order valence-corrected chi connectivity index (χ3v) is 6.35. The lowest BCUT2D eigenvalue weighted by molar-refractivity contribution is -0.385. The molecule has 1 aromatic heterocycles. The molecule has 0 spiro atoms. The van der Waals surface area contributed by atoms with Crippen molar-refractivity contribution in [2.45, 2.75) is 33.4 Å². The van der Waals surface area contributed by atoms with Gasteiger partial charge in [0.15, 0.2) is 11.5 Å². The molecule has 4 aromatic rings. The number of amides is 1. The number of ketones is 1. The summed E-state index contributed by atoms with van der Waals surface area (Å²) in [6, 6.07) is 20.6. The highest BCUT2D eigenvalue weighted by molar-refractivity contribution is 5.97. The second-order valence-electron chi connectivity index (χ2n) is 8.90. The van der Waals surface area contributed by atoms with Gasteiger partial charge in [-0.1, -0.05) is 48.5 Å². The average molecular weight is 513 g/mol. The summed E-state index contributed by atoms with van der Waals surface area (Å²) in [7, 11) is 1.60. The first kappa shape index (κ1) is 26.3. The first-order valence-electron chi connectivity index (χ1n) is 12.1. The van der Waals surface area contributed by atoms with Crippen LogP contribution in [0.3, 0.4) is 0 Å². The Labute approximate surface area is 220 Å². The Balaban J connectivity index is 1.42. The van der Waals surface area contributed by atoms with Crippen molar-refractivity contribution in [2.75, 3.05) is 7.05 Å². The number of carbonyl (C=O) groups is 2. The van der Waals surface area contributed by atoms with E-state index in [1.807, 2.05) is 36.7 Å². The Kier molecular flexibility index (Phi) is 7.96. The Morgan fingerprint density at radius 3 is 2.42 bits per heavy atom. The number of nitro benzene ring substituents is 1. The summed E-state index contributed by atoms with van der Waals surface area (Å²) in [6.45, 7) is 4.45. The van der Waals surface area contributed by atoms with Gasteiger partial charge in [0, 0.05) is 41.9 Å². The van der Waals surface area contributed by atoms with E-state index >= 15 is 0 Å². The minimum atomic E-state index is -0.481. The molecule has 1 N–H and O–H groups in total. The molecule has 0 fully saturated rings. The number of nitrogens with one attached hydrogen (secondary N) is 1. The summed E-state index contributed by atoms with van der Waals surface area (Å²) in [5.41, 5.74) is 5.34. The van der Waals surface area contributed by atoms with Crippen LogP contribution in [0.1, 0.15) is 48.8 Å². The van der Waals surface area contributed by atoms with Gasteiger partial charge in [0.25, 0.3) is 5.91 Å². The maximum atomic E-state index is 13.1. The minimum absolute atomic E-state index is 0.0384. The number of Topliss-reactive ketones (excluding diaryl/α,β-unsaturated/α-hetero) is 1. The van der Waals surface area contributed by atoms with Gasteiger partial charge in [-0.05, 0) is 43.2 Å². The smallest absolute Gasteiger partial charge is 0.310 e. The summed E-state index contributed by atoms with van der Waals surface area (Å²) in [5, 5.41) is 18.4. The second kappa shape index (κ2) is 11.5. The van der Waals surface area contributed by atoms with Crippen molar-refractivity contribution in [1.29, 1.82) is 0 Å². The van der Waals surface area contributed by atoms with E-state index in [1.165, 1.54) is 6.07 Å². The minimum Gasteiger partial charge on any atom is -0.482 e. The van der Waals surface area contributed by atoms with Crippen molar-refractivity contribution in [3.8, 4) is 5.75 Å². The van der Waals surface area contributed by atoms with Crippen molar-refractivity contribution in [2.24, 2.45) is 0 Å². The van der Waals surface area contributed by atoms with Crippen LogP contribution >= 0.6 is 0 Å². The van der Waals surface area contributed by atoms with Crippen LogP contribution in [-0.4, -0.2) is 33.4 Å². The molecule has 194 valence electrons. The van der Waals surface area contributed by atoms with Gasteiger partial charge in [0.2, 0.25) is 0 Å². The zero-order valence-corrected chi connectivity index (χ0v) is 21.4. The van der Waals surface area contributed by atoms with Gasteiger partial charge in [-0.25, -0.2) is 0 Å². The number of aryl methyl sites for hydroxylation is 1. The van der Waals surface area contributed by atoms with E-state index in [-0.39, 0.29) is 36.2 Å². The number of rotatable bonds is 10. The molecule has 1 heterocycles. The van der Waals surface area contributed by atoms with Gasteiger partial charge >= 0.3 is 5.69 Å². The fourth-order valence-corrected chi connectivity index (χ4v) is 4.21. The molecule has 0 radical (unpaired) electrons. The van der Waals surface area contributed by atoms with Crippen molar-refractivity contribution in [3.63, 3.8) is 0 Å². The Morgan fingerprint density at radius 2 is 1.71 bits per heavy atom. The highest BCUT2D eigenvalue weighted by Crippen LogP contribution is 2.27. The van der Waals surface area contributed by atoms with E-state index in [2.05, 4.69) is 10.4 Å². The van der Waals surface area contributed by atoms with Gasteiger partial charge < -0.3 is 10.1 Å². The van der Waals surface area contributed by atoms with Gasteiger partial charge in [-0.3, -0.25) is 24.4 Å². The maximum Gasteiger partial charge on any atom is 0.310 e. The van der Waals surface area contributed by atoms with Crippen molar-refractivity contribution >= 4 is 17.4 Å². The number of carbonyl (C=O) groups excluding carboxylic acids is 2. The van der Waals surface area contributed by atoms with E-state index < -0.39 is 4.92 Å². The van der Waals surface area contributed by atoms with Crippen molar-refractivity contribution in [1.82, 2.24) is 15.1 Å². The molecule has 0 aliphatic heterocycles. The fourth-order valence-electron chi connectivity index (χ4n) is 4.21. The molecule has 4 rings (SSSR count). The van der Waals surface area contributed by atoms with Gasteiger partial charge in [-0.15, -0.1) is 0 Å². The quantitative estimate of drug-likeness (QED) is 0.185. The molecule has 1 amide bonds. The molecule has 0 unspecified atom stereocenters. The fraction of sp³-hybridized carbons (Fsp3) is 0.207. The summed E-state index contributed by atoms with van der Waals surface area (Å²) >= 11 is 0. The number of nitro groups is 1. The van der Waals surface area contributed by atoms with E-state index in [0.29, 0.717) is 17.7 Å². The SMILES string of the molecule is CNC(=O)c1cccc(Cn2nc(C)c(CC(=O)c3ccc(COc4ccccc4[N+](=O)[O-])cc3)c2C)c1. The third-order valence-electron chi connectivity index (χ3n) is 6.35. The molecule has 9 nitrogen and oxygen atoms in total. The monoisotopic (exact) mass is 512 g/mol. The average Bonchev–Trinajstić information content (AvgIpc) is 3.19. The van der Waals surface area contributed by atoms with Crippen LogP contribution in [0.4, 0.5) is 5.69 Å². The standard InChI is InChI=1S/C29H28N4O5/c1-19-25(20(2)32(31-19)17-22-7-6-8-24(15-22)29(35)30-3)16-27(34)23-13-11-21(12-14-23)18-38-28-10-5-4-9-26(28)33(36)37/h4-15H,16-18H2,1-3H3,(H,30,35). The first-order chi connectivity index (χ1) is 18.3. The molecule has 0 aliphatic carbocycles. The van der Waals surface area contributed by atoms with Crippen molar-refractivity contribution < 1.29 is 19.2 Å². The van der Waals surface area contributed by atoms with Gasteiger partial charge in [0.05, 0.1) is 17.2 Å². The van der Waals surface area contributed by atoms with Crippen LogP contribution in [0.15, 0.2) is 72.8 Å². The van der Waals surface area contributed by atoms with Gasteiger partial charge in [0.1, 0.15) is 6.61 Å². The molecular formula is C29H28N4O5. The molecule has 9 heteroatoms. The Hall–Kier alpha value is -4.79. The lowest BCUT2D eigenvalue weighted by atomic mass is 10.0. The molecule has 0 aliphatic rings. The normalized spacial score (nSPS) is 10.7. The number of benzene rings is 3. The van der Waals surface area contributed by atoms with E-state index in [9.17, 15) is 19.7 Å². The van der Waals surface area contributed by atoms with Crippen LogP contribution in [0, 0.1) is 24.0 Å². The maximum absolute atomic E-state index is 13.1. The molecule has 0 saturated heterocycles. The van der Waals surface area contributed by atoms with Crippen LogP contribution < -0.4 is 10.1 Å². The molecular weight excluding hydrogens is 484 g/mol. The third kappa shape index (κ3) is 5.95. The predicted octanol–water partition coefficient (Wildman–Crippen LogP) is 4.82. The van der Waals surface area contributed by atoms with E-state index in [0.717, 1.165) is 28.1 Å². The number of hydrogen-bond acceptors (Lipinski definition) is 6. The number of hydrogen-bond donors (Lipinski definition) is 1. The molecule has 3 aromatic carbocycles. The van der Waals surface area contributed by atoms with E-state index in [4.69, 9.17) is 4.74 Å². The summed E-state index contributed by atoms with van der Waals surface area (Å²) in [4.78, 5) is 35.7. The zero-order chi connectivity index (χ0) is 27.2. The Morgan fingerprint density at radius 1 is 0.974 bits per heavy atom.